The summed E-state index contributed by atoms with van der Waals surface area (Å²) in [7, 11) is 0. The molecule has 0 saturated carbocycles. The van der Waals surface area contributed by atoms with Gasteiger partial charge in [0, 0.05) is 32.1 Å². The first-order chi connectivity index (χ1) is 15.5. The van der Waals surface area contributed by atoms with Crippen LogP contribution in [0.3, 0.4) is 0 Å². The molecule has 32 heavy (non-hydrogen) atoms. The van der Waals surface area contributed by atoms with Crippen LogP contribution in [0, 0.1) is 6.92 Å². The number of amides is 1. The number of aryl methyl sites for hydroxylation is 2. The highest BCUT2D eigenvalue weighted by atomic mass is 16.5. The van der Waals surface area contributed by atoms with Gasteiger partial charge in [-0.1, -0.05) is 43.7 Å². The number of benzene rings is 1. The lowest BCUT2D eigenvalue weighted by atomic mass is 10.2. The molecular formula is C24H36N6O2. The first-order valence-corrected chi connectivity index (χ1v) is 11.4. The van der Waals surface area contributed by atoms with Gasteiger partial charge in [0.1, 0.15) is 11.6 Å². The molecule has 2 rings (SSSR count). The van der Waals surface area contributed by atoms with Gasteiger partial charge in [-0.25, -0.2) is 14.8 Å². The minimum atomic E-state index is -0.396. The standard InChI is InChI=1S/C24H36N6O2/c1-5-13-30(14-6-2)23-17-22(29-26-18-20-11-8-10-19(4)16-20)27-21(28-23)12-9-15-32-24(31)25-7-3/h8,10-11,16-18H,5-7,9,12-15H2,1-4H3,(H,25,31)(H,27,28,29)/b26-18+. The summed E-state index contributed by atoms with van der Waals surface area (Å²) in [6, 6.07) is 10.1. The average Bonchev–Trinajstić information content (AvgIpc) is 2.77. The zero-order chi connectivity index (χ0) is 23.2. The summed E-state index contributed by atoms with van der Waals surface area (Å²) >= 11 is 0. The van der Waals surface area contributed by atoms with Crippen molar-refractivity contribution < 1.29 is 9.53 Å². The minimum Gasteiger partial charge on any atom is -0.450 e. The quantitative estimate of drug-likeness (QED) is 0.270. The third-order valence-electron chi connectivity index (χ3n) is 4.60. The zero-order valence-electron chi connectivity index (χ0n) is 19.7. The van der Waals surface area contributed by atoms with Crippen molar-refractivity contribution in [3.05, 3.63) is 47.3 Å². The topological polar surface area (TPSA) is 91.7 Å². The molecule has 0 fully saturated rings. The molecule has 1 amide bonds. The Morgan fingerprint density at radius 3 is 2.62 bits per heavy atom. The Morgan fingerprint density at radius 2 is 1.94 bits per heavy atom. The summed E-state index contributed by atoms with van der Waals surface area (Å²) in [5.74, 6) is 2.24. The highest BCUT2D eigenvalue weighted by molar-refractivity contribution is 5.80. The van der Waals surface area contributed by atoms with Gasteiger partial charge in [0.25, 0.3) is 0 Å². The van der Waals surface area contributed by atoms with E-state index in [-0.39, 0.29) is 0 Å². The van der Waals surface area contributed by atoms with Crippen LogP contribution >= 0.6 is 0 Å². The van der Waals surface area contributed by atoms with E-state index in [0.717, 1.165) is 37.3 Å². The van der Waals surface area contributed by atoms with Crippen LogP contribution in [0.2, 0.25) is 0 Å². The number of hydrogen-bond acceptors (Lipinski definition) is 7. The second kappa shape index (κ2) is 14.0. The molecule has 1 aromatic heterocycles. The molecule has 0 unspecified atom stereocenters. The Kier molecular flexibility index (Phi) is 11.0. The Morgan fingerprint density at radius 1 is 1.16 bits per heavy atom. The molecule has 8 heteroatoms. The summed E-state index contributed by atoms with van der Waals surface area (Å²) in [5.41, 5.74) is 5.26. The summed E-state index contributed by atoms with van der Waals surface area (Å²) in [4.78, 5) is 23.1. The van der Waals surface area contributed by atoms with E-state index in [0.29, 0.717) is 37.6 Å². The van der Waals surface area contributed by atoms with Gasteiger partial charge in [0.15, 0.2) is 5.82 Å². The smallest absolute Gasteiger partial charge is 0.407 e. The molecule has 0 atom stereocenters. The lowest BCUT2D eigenvalue weighted by Gasteiger charge is -2.23. The number of ether oxygens (including phenoxy) is 1. The van der Waals surface area contributed by atoms with Crippen molar-refractivity contribution in [1.29, 1.82) is 0 Å². The van der Waals surface area contributed by atoms with Crippen LogP contribution in [0.25, 0.3) is 0 Å². The number of anilines is 2. The molecule has 1 heterocycles. The molecule has 0 aliphatic carbocycles. The van der Waals surface area contributed by atoms with Crippen molar-refractivity contribution in [3.63, 3.8) is 0 Å². The highest BCUT2D eigenvalue weighted by Gasteiger charge is 2.11. The van der Waals surface area contributed by atoms with E-state index < -0.39 is 6.09 Å². The van der Waals surface area contributed by atoms with Crippen molar-refractivity contribution >= 4 is 23.9 Å². The first-order valence-electron chi connectivity index (χ1n) is 11.4. The molecule has 0 radical (unpaired) electrons. The second-order valence-corrected chi connectivity index (χ2v) is 7.57. The Bertz CT molecular complexity index is 865. The number of carbonyl (C=O) groups excluding carboxylic acids is 1. The number of alkyl carbamates (subject to hydrolysis) is 1. The predicted octanol–water partition coefficient (Wildman–Crippen LogP) is 4.54. The lowest BCUT2D eigenvalue weighted by molar-refractivity contribution is 0.145. The van der Waals surface area contributed by atoms with Crippen molar-refractivity contribution in [3.8, 4) is 0 Å². The van der Waals surface area contributed by atoms with Crippen LogP contribution < -0.4 is 15.6 Å². The van der Waals surface area contributed by atoms with Crippen LogP contribution in [0.1, 0.15) is 57.0 Å². The molecule has 0 spiro atoms. The number of carbonyl (C=O) groups is 1. The fourth-order valence-corrected chi connectivity index (χ4v) is 3.21. The predicted molar refractivity (Wildman–Crippen MR) is 131 cm³/mol. The summed E-state index contributed by atoms with van der Waals surface area (Å²) in [6.45, 7) is 11.0. The number of aromatic nitrogens is 2. The average molecular weight is 441 g/mol. The van der Waals surface area contributed by atoms with E-state index in [9.17, 15) is 4.79 Å². The fourth-order valence-electron chi connectivity index (χ4n) is 3.21. The Labute approximate surface area is 191 Å². The minimum absolute atomic E-state index is 0.321. The zero-order valence-corrected chi connectivity index (χ0v) is 19.7. The molecule has 0 aliphatic rings. The van der Waals surface area contributed by atoms with Gasteiger partial charge in [0.05, 0.1) is 12.8 Å². The molecule has 8 nitrogen and oxygen atoms in total. The van der Waals surface area contributed by atoms with Crippen LogP contribution in [-0.4, -0.2) is 48.5 Å². The van der Waals surface area contributed by atoms with Gasteiger partial charge in [-0.2, -0.15) is 5.10 Å². The second-order valence-electron chi connectivity index (χ2n) is 7.57. The normalized spacial score (nSPS) is 10.9. The maximum absolute atomic E-state index is 11.5. The van der Waals surface area contributed by atoms with Gasteiger partial charge < -0.3 is 15.0 Å². The Hall–Kier alpha value is -3.16. The van der Waals surface area contributed by atoms with Crippen LogP contribution in [0.15, 0.2) is 35.4 Å². The van der Waals surface area contributed by atoms with Gasteiger partial charge >= 0.3 is 6.09 Å². The van der Waals surface area contributed by atoms with Gasteiger partial charge in [-0.15, -0.1) is 0 Å². The van der Waals surface area contributed by atoms with Gasteiger partial charge in [0.2, 0.25) is 0 Å². The summed E-state index contributed by atoms with van der Waals surface area (Å²) < 4.78 is 5.16. The van der Waals surface area contributed by atoms with Crippen molar-refractivity contribution in [2.75, 3.05) is 36.6 Å². The molecule has 0 aliphatic heterocycles. The van der Waals surface area contributed by atoms with Crippen molar-refractivity contribution in [1.82, 2.24) is 15.3 Å². The van der Waals surface area contributed by atoms with E-state index >= 15 is 0 Å². The highest BCUT2D eigenvalue weighted by Crippen LogP contribution is 2.18. The van der Waals surface area contributed by atoms with Crippen molar-refractivity contribution in [2.45, 2.75) is 53.4 Å². The number of hydrazone groups is 1. The monoisotopic (exact) mass is 440 g/mol. The van der Waals surface area contributed by atoms with Crippen LogP contribution in [0.5, 0.6) is 0 Å². The van der Waals surface area contributed by atoms with Crippen molar-refractivity contribution in [2.24, 2.45) is 5.10 Å². The third kappa shape index (κ3) is 8.91. The maximum Gasteiger partial charge on any atom is 0.407 e. The molecule has 0 saturated heterocycles. The van der Waals surface area contributed by atoms with Crippen LogP contribution in [0.4, 0.5) is 16.4 Å². The number of hydrogen-bond donors (Lipinski definition) is 2. The van der Waals surface area contributed by atoms with E-state index in [4.69, 9.17) is 9.72 Å². The molecule has 2 N–H and O–H groups in total. The Balaban J connectivity index is 2.12. The molecule has 1 aromatic carbocycles. The van der Waals surface area contributed by atoms with E-state index in [1.54, 1.807) is 6.21 Å². The number of nitrogens with one attached hydrogen (secondary N) is 2. The molecule has 2 aromatic rings. The maximum atomic E-state index is 11.5. The van der Waals surface area contributed by atoms with E-state index in [1.165, 1.54) is 5.56 Å². The van der Waals surface area contributed by atoms with E-state index in [2.05, 4.69) is 58.6 Å². The fraction of sp³-hybridized carbons (Fsp3) is 0.500. The summed E-state index contributed by atoms with van der Waals surface area (Å²) in [6.07, 6.45) is 4.71. The first kappa shape index (κ1) is 25.1. The van der Waals surface area contributed by atoms with Gasteiger partial charge in [-0.3, -0.25) is 5.43 Å². The lowest BCUT2D eigenvalue weighted by Crippen LogP contribution is -2.26. The molecule has 0 bridgehead atoms. The van der Waals surface area contributed by atoms with Gasteiger partial charge in [-0.05, 0) is 38.7 Å². The molecule has 174 valence electrons. The molecular weight excluding hydrogens is 404 g/mol. The number of rotatable bonds is 13. The summed E-state index contributed by atoms with van der Waals surface area (Å²) in [5, 5.41) is 6.99. The third-order valence-corrected chi connectivity index (χ3v) is 4.60. The SMILES string of the molecule is CCCN(CCC)c1cc(N/N=C/c2cccc(C)c2)nc(CCCOC(=O)NCC)n1. The largest absolute Gasteiger partial charge is 0.450 e. The van der Waals surface area contributed by atoms with Crippen LogP contribution in [-0.2, 0) is 11.2 Å². The van der Waals surface area contributed by atoms with E-state index in [1.807, 2.05) is 25.1 Å². The number of nitrogens with zero attached hydrogens (tertiary/aromatic N) is 4.